The standard InChI is InChI=1S/C24H21N3O2/c1-16-13-17(23(25)27-14-16)7-6-12-26-24(28)29-15-22-20-10-4-2-8-18(20)19-9-3-5-11-21(19)22/h2-5,8-11,13-14,22H,12,15H2,1H3,(H2,25,27)(H,26,28). The van der Waals surface area contributed by atoms with E-state index in [9.17, 15) is 4.79 Å². The highest BCUT2D eigenvalue weighted by Crippen LogP contribution is 2.44. The number of anilines is 1. The number of benzene rings is 2. The second kappa shape index (κ2) is 8.07. The van der Waals surface area contributed by atoms with Gasteiger partial charge in [0.05, 0.1) is 12.1 Å². The number of amides is 1. The molecule has 3 N–H and O–H groups in total. The van der Waals surface area contributed by atoms with Gasteiger partial charge in [0, 0.05) is 12.1 Å². The Morgan fingerprint density at radius 3 is 2.48 bits per heavy atom. The maximum Gasteiger partial charge on any atom is 0.407 e. The second-order valence-electron chi connectivity index (χ2n) is 6.93. The number of alkyl carbamates (subject to hydrolysis) is 1. The van der Waals surface area contributed by atoms with E-state index in [1.807, 2.05) is 37.3 Å². The molecule has 3 aromatic rings. The lowest BCUT2D eigenvalue weighted by Crippen LogP contribution is -2.26. The number of aryl methyl sites for hydroxylation is 1. The van der Waals surface area contributed by atoms with Crippen LogP contribution in [0.25, 0.3) is 11.1 Å². The number of carbonyl (C=O) groups is 1. The molecule has 0 saturated heterocycles. The first kappa shape index (κ1) is 18.6. The molecular formula is C24H21N3O2. The van der Waals surface area contributed by atoms with Crippen molar-refractivity contribution >= 4 is 11.9 Å². The fraction of sp³-hybridized carbons (Fsp3) is 0.167. The average Bonchev–Trinajstić information content (AvgIpc) is 3.06. The lowest BCUT2D eigenvalue weighted by atomic mass is 9.98. The van der Waals surface area contributed by atoms with E-state index in [0.717, 1.165) is 5.56 Å². The van der Waals surface area contributed by atoms with Crippen molar-refractivity contribution in [3.05, 3.63) is 83.0 Å². The summed E-state index contributed by atoms with van der Waals surface area (Å²) in [6, 6.07) is 18.3. The molecule has 0 unspecified atom stereocenters. The van der Waals surface area contributed by atoms with E-state index in [1.54, 1.807) is 6.20 Å². The SMILES string of the molecule is Cc1cnc(N)c(C#CCNC(=O)OCC2c3ccccc3-c3ccccc32)c1. The maximum atomic E-state index is 12.1. The summed E-state index contributed by atoms with van der Waals surface area (Å²) in [7, 11) is 0. The van der Waals surface area contributed by atoms with E-state index in [-0.39, 0.29) is 19.1 Å². The summed E-state index contributed by atoms with van der Waals surface area (Å²) in [6.07, 6.45) is 1.20. The van der Waals surface area contributed by atoms with Crippen LogP contribution in [0.4, 0.5) is 10.6 Å². The minimum Gasteiger partial charge on any atom is -0.449 e. The van der Waals surface area contributed by atoms with Crippen LogP contribution in [-0.4, -0.2) is 24.2 Å². The summed E-state index contributed by atoms with van der Waals surface area (Å²) in [5, 5.41) is 2.66. The van der Waals surface area contributed by atoms with Crippen LogP contribution in [0, 0.1) is 18.8 Å². The number of ether oxygens (including phenoxy) is 1. The van der Waals surface area contributed by atoms with Crippen molar-refractivity contribution in [2.75, 3.05) is 18.9 Å². The van der Waals surface area contributed by atoms with Crippen molar-refractivity contribution in [3.8, 4) is 23.0 Å². The molecule has 144 valence electrons. The molecule has 0 spiro atoms. The number of nitrogens with zero attached hydrogens (tertiary/aromatic N) is 1. The number of fused-ring (bicyclic) bond motifs is 3. The first-order valence-electron chi connectivity index (χ1n) is 9.43. The van der Waals surface area contributed by atoms with Crippen molar-refractivity contribution in [2.45, 2.75) is 12.8 Å². The van der Waals surface area contributed by atoms with Crippen LogP contribution in [0.3, 0.4) is 0 Å². The highest BCUT2D eigenvalue weighted by molar-refractivity contribution is 5.79. The van der Waals surface area contributed by atoms with Crippen molar-refractivity contribution in [2.24, 2.45) is 0 Å². The van der Waals surface area contributed by atoms with Gasteiger partial charge in [0.1, 0.15) is 12.4 Å². The smallest absolute Gasteiger partial charge is 0.407 e. The third-order valence-corrected chi connectivity index (χ3v) is 4.94. The molecular weight excluding hydrogens is 362 g/mol. The van der Waals surface area contributed by atoms with E-state index in [4.69, 9.17) is 10.5 Å². The van der Waals surface area contributed by atoms with Crippen LogP contribution in [0.2, 0.25) is 0 Å². The van der Waals surface area contributed by atoms with Gasteiger partial charge in [-0.25, -0.2) is 9.78 Å². The summed E-state index contributed by atoms with van der Waals surface area (Å²) < 4.78 is 5.48. The van der Waals surface area contributed by atoms with Crippen molar-refractivity contribution in [1.82, 2.24) is 10.3 Å². The molecule has 0 aliphatic heterocycles. The topological polar surface area (TPSA) is 77.2 Å². The minimum absolute atomic E-state index is 0.0393. The Kier molecular flexibility index (Phi) is 5.17. The Morgan fingerprint density at radius 2 is 1.79 bits per heavy atom. The predicted molar refractivity (Wildman–Crippen MR) is 113 cm³/mol. The molecule has 4 rings (SSSR count). The lowest BCUT2D eigenvalue weighted by Gasteiger charge is -2.14. The van der Waals surface area contributed by atoms with Crippen LogP contribution < -0.4 is 11.1 Å². The van der Waals surface area contributed by atoms with Crippen LogP contribution in [0.15, 0.2) is 60.8 Å². The summed E-state index contributed by atoms with van der Waals surface area (Å²) in [4.78, 5) is 16.2. The molecule has 1 aliphatic rings. The Hall–Kier alpha value is -3.78. The number of nitrogens with two attached hydrogens (primary N) is 1. The van der Waals surface area contributed by atoms with Crippen molar-refractivity contribution in [1.29, 1.82) is 0 Å². The van der Waals surface area contributed by atoms with E-state index >= 15 is 0 Å². The molecule has 5 nitrogen and oxygen atoms in total. The minimum atomic E-state index is -0.489. The van der Waals surface area contributed by atoms with Crippen molar-refractivity contribution < 1.29 is 9.53 Å². The van der Waals surface area contributed by atoms with Crippen LogP contribution in [0.1, 0.15) is 28.2 Å². The van der Waals surface area contributed by atoms with Gasteiger partial charge in [-0.15, -0.1) is 0 Å². The Balaban J connectivity index is 1.36. The van der Waals surface area contributed by atoms with Gasteiger partial charge >= 0.3 is 6.09 Å². The Bertz CT molecular complexity index is 1080. The average molecular weight is 383 g/mol. The van der Waals surface area contributed by atoms with Gasteiger partial charge in [-0.2, -0.15) is 0 Å². The molecule has 0 radical (unpaired) electrons. The van der Waals surface area contributed by atoms with Gasteiger partial charge < -0.3 is 15.8 Å². The van der Waals surface area contributed by atoms with E-state index in [1.165, 1.54) is 22.3 Å². The number of carbonyl (C=O) groups excluding carboxylic acids is 1. The van der Waals surface area contributed by atoms with E-state index in [2.05, 4.69) is 46.4 Å². The number of rotatable bonds is 3. The Labute approximate surface area is 169 Å². The van der Waals surface area contributed by atoms with Gasteiger partial charge in [-0.1, -0.05) is 60.4 Å². The van der Waals surface area contributed by atoms with Gasteiger partial charge in [-0.3, -0.25) is 0 Å². The van der Waals surface area contributed by atoms with Gasteiger partial charge in [0.2, 0.25) is 0 Å². The molecule has 1 aromatic heterocycles. The quantitative estimate of drug-likeness (QED) is 0.673. The van der Waals surface area contributed by atoms with E-state index < -0.39 is 6.09 Å². The number of aromatic nitrogens is 1. The molecule has 5 heteroatoms. The zero-order valence-corrected chi connectivity index (χ0v) is 16.1. The fourth-order valence-electron chi connectivity index (χ4n) is 3.59. The lowest BCUT2D eigenvalue weighted by molar-refractivity contribution is 0.144. The third-order valence-electron chi connectivity index (χ3n) is 4.94. The molecule has 0 fully saturated rings. The van der Waals surface area contributed by atoms with Crippen LogP contribution in [-0.2, 0) is 4.74 Å². The first-order valence-corrected chi connectivity index (χ1v) is 9.43. The molecule has 1 heterocycles. The van der Waals surface area contributed by atoms with Crippen LogP contribution in [0.5, 0.6) is 0 Å². The maximum absolute atomic E-state index is 12.1. The summed E-state index contributed by atoms with van der Waals surface area (Å²) in [5.41, 5.74) is 12.2. The molecule has 1 aliphatic carbocycles. The summed E-state index contributed by atoms with van der Waals surface area (Å²) in [6.45, 7) is 2.37. The zero-order chi connectivity index (χ0) is 20.2. The van der Waals surface area contributed by atoms with Gasteiger partial charge in [-0.05, 0) is 40.8 Å². The number of hydrogen-bond acceptors (Lipinski definition) is 4. The fourth-order valence-corrected chi connectivity index (χ4v) is 3.59. The predicted octanol–water partition coefficient (Wildman–Crippen LogP) is 3.86. The number of nitrogens with one attached hydrogen (secondary N) is 1. The molecule has 0 atom stereocenters. The molecule has 29 heavy (non-hydrogen) atoms. The number of nitrogen functional groups attached to an aromatic ring is 1. The third kappa shape index (κ3) is 3.92. The number of hydrogen-bond donors (Lipinski definition) is 2. The van der Waals surface area contributed by atoms with Crippen LogP contribution >= 0.6 is 0 Å². The first-order chi connectivity index (χ1) is 14.1. The monoisotopic (exact) mass is 383 g/mol. The molecule has 0 saturated carbocycles. The highest BCUT2D eigenvalue weighted by Gasteiger charge is 2.28. The largest absolute Gasteiger partial charge is 0.449 e. The Morgan fingerprint density at radius 1 is 1.14 bits per heavy atom. The number of pyridine rings is 1. The van der Waals surface area contributed by atoms with Crippen molar-refractivity contribution in [3.63, 3.8) is 0 Å². The molecule has 2 aromatic carbocycles. The normalized spacial score (nSPS) is 11.8. The molecule has 0 bridgehead atoms. The molecule has 1 amide bonds. The second-order valence-corrected chi connectivity index (χ2v) is 6.93. The summed E-state index contributed by atoms with van der Waals surface area (Å²) >= 11 is 0. The van der Waals surface area contributed by atoms with Gasteiger partial charge in [0.15, 0.2) is 0 Å². The zero-order valence-electron chi connectivity index (χ0n) is 16.1. The van der Waals surface area contributed by atoms with E-state index in [0.29, 0.717) is 11.4 Å². The van der Waals surface area contributed by atoms with Gasteiger partial charge in [0.25, 0.3) is 0 Å². The highest BCUT2D eigenvalue weighted by atomic mass is 16.5. The summed E-state index contributed by atoms with van der Waals surface area (Å²) in [5.74, 6) is 6.22.